The van der Waals surface area contributed by atoms with Crippen LogP contribution in [0.2, 0.25) is 0 Å². The summed E-state index contributed by atoms with van der Waals surface area (Å²) in [7, 11) is 0. The van der Waals surface area contributed by atoms with Gasteiger partial charge in [0.05, 0.1) is 5.69 Å². The van der Waals surface area contributed by atoms with Gasteiger partial charge < -0.3 is 9.80 Å². The minimum Gasteiger partial charge on any atom is -0.356 e. The lowest BCUT2D eigenvalue weighted by molar-refractivity contribution is -0.131. The van der Waals surface area contributed by atoms with Gasteiger partial charge in [0, 0.05) is 51.0 Å². The predicted octanol–water partition coefficient (Wildman–Crippen LogP) is 2.92. The number of allylic oxidation sites excluding steroid dienone is 2. The van der Waals surface area contributed by atoms with E-state index in [0.29, 0.717) is 18.2 Å². The molecule has 0 bridgehead atoms. The maximum Gasteiger partial charge on any atom is 0.223 e. The van der Waals surface area contributed by atoms with E-state index in [9.17, 15) is 4.79 Å². The van der Waals surface area contributed by atoms with Gasteiger partial charge in [0.25, 0.3) is 0 Å². The van der Waals surface area contributed by atoms with E-state index in [1.807, 2.05) is 0 Å². The lowest BCUT2D eigenvalue weighted by atomic mass is 10.0. The Morgan fingerprint density at radius 3 is 2.69 bits per heavy atom. The van der Waals surface area contributed by atoms with Crippen LogP contribution in [0.4, 0.5) is 5.82 Å². The molecule has 0 spiro atoms. The molecule has 1 fully saturated rings. The van der Waals surface area contributed by atoms with Crippen molar-refractivity contribution in [3.8, 4) is 0 Å². The molecule has 26 heavy (non-hydrogen) atoms. The van der Waals surface area contributed by atoms with E-state index in [2.05, 4.69) is 28.9 Å². The van der Waals surface area contributed by atoms with Crippen molar-refractivity contribution in [1.29, 1.82) is 0 Å². The number of hydrogen-bond donors (Lipinski definition) is 0. The molecule has 0 radical (unpaired) electrons. The number of carbonyl (C=O) groups excluding carboxylic acids is 1. The highest BCUT2D eigenvalue weighted by molar-refractivity contribution is 5.77. The van der Waals surface area contributed by atoms with Crippen LogP contribution in [0.3, 0.4) is 0 Å². The quantitative estimate of drug-likeness (QED) is 0.780. The number of nitrogens with zero attached hydrogens (tertiary/aromatic N) is 4. The maximum atomic E-state index is 12.8. The summed E-state index contributed by atoms with van der Waals surface area (Å²) in [5.74, 6) is 2.85. The molecule has 0 N–H and O–H groups in total. The maximum absolute atomic E-state index is 12.8. The first-order valence-corrected chi connectivity index (χ1v) is 10.3. The van der Waals surface area contributed by atoms with Crippen LogP contribution in [0.15, 0.2) is 12.2 Å². The molecule has 1 saturated heterocycles. The minimum absolute atomic E-state index is 0.306. The van der Waals surface area contributed by atoms with Crippen molar-refractivity contribution in [2.24, 2.45) is 5.92 Å². The lowest BCUT2D eigenvalue weighted by Crippen LogP contribution is -2.34. The number of hydrogen-bond acceptors (Lipinski definition) is 4. The van der Waals surface area contributed by atoms with Crippen molar-refractivity contribution in [2.75, 3.05) is 31.1 Å². The molecular formula is C21H30N4O. The second-order valence-corrected chi connectivity index (χ2v) is 7.79. The molecule has 3 aliphatic rings. The number of aromatic nitrogens is 2. The monoisotopic (exact) mass is 354 g/mol. The fraction of sp³-hybridized carbons (Fsp3) is 0.667. The average Bonchev–Trinajstić information content (AvgIpc) is 3.32. The van der Waals surface area contributed by atoms with E-state index in [1.54, 1.807) is 0 Å². The van der Waals surface area contributed by atoms with Gasteiger partial charge in [-0.1, -0.05) is 19.1 Å². The van der Waals surface area contributed by atoms with Crippen LogP contribution < -0.4 is 4.90 Å². The molecule has 2 aliphatic heterocycles. The second kappa shape index (κ2) is 7.77. The van der Waals surface area contributed by atoms with Crippen LogP contribution >= 0.6 is 0 Å². The van der Waals surface area contributed by atoms with Gasteiger partial charge in [0.15, 0.2) is 0 Å². The van der Waals surface area contributed by atoms with Crippen molar-refractivity contribution in [1.82, 2.24) is 14.9 Å². The topological polar surface area (TPSA) is 49.3 Å². The fourth-order valence-electron chi connectivity index (χ4n) is 4.45. The van der Waals surface area contributed by atoms with Crippen LogP contribution in [-0.4, -0.2) is 47.0 Å². The van der Waals surface area contributed by atoms with Gasteiger partial charge in [-0.15, -0.1) is 0 Å². The smallest absolute Gasteiger partial charge is 0.223 e. The molecule has 5 heteroatoms. The SMILES string of the molecule is CCc1nc2c(c(N3CCCC3)n1)CCN(C(=O)C[C@@H]1C=CCC1)CC2. The normalized spacial score (nSPS) is 22.6. The first-order valence-electron chi connectivity index (χ1n) is 10.3. The molecule has 140 valence electrons. The minimum atomic E-state index is 0.306. The molecule has 5 nitrogen and oxygen atoms in total. The summed E-state index contributed by atoms with van der Waals surface area (Å²) in [6, 6.07) is 0. The molecule has 3 heterocycles. The van der Waals surface area contributed by atoms with Gasteiger partial charge in [0.2, 0.25) is 5.91 Å². The van der Waals surface area contributed by atoms with Gasteiger partial charge in [-0.3, -0.25) is 4.79 Å². The molecular weight excluding hydrogens is 324 g/mol. The molecule has 1 amide bonds. The molecule has 1 aromatic heterocycles. The van der Waals surface area contributed by atoms with E-state index >= 15 is 0 Å². The Balaban J connectivity index is 1.52. The third kappa shape index (κ3) is 3.62. The Morgan fingerprint density at radius 2 is 1.96 bits per heavy atom. The number of anilines is 1. The Morgan fingerprint density at radius 1 is 1.15 bits per heavy atom. The third-order valence-electron chi connectivity index (χ3n) is 5.99. The molecule has 1 aromatic rings. The van der Waals surface area contributed by atoms with Crippen molar-refractivity contribution in [3.05, 3.63) is 29.2 Å². The second-order valence-electron chi connectivity index (χ2n) is 7.79. The van der Waals surface area contributed by atoms with Gasteiger partial charge >= 0.3 is 0 Å². The molecule has 1 atom stereocenters. The van der Waals surface area contributed by atoms with Gasteiger partial charge in [0.1, 0.15) is 11.6 Å². The molecule has 0 unspecified atom stereocenters. The Kier molecular flexibility index (Phi) is 5.23. The van der Waals surface area contributed by atoms with Crippen LogP contribution in [0.5, 0.6) is 0 Å². The highest BCUT2D eigenvalue weighted by Crippen LogP contribution is 2.28. The fourth-order valence-corrected chi connectivity index (χ4v) is 4.45. The zero-order valence-corrected chi connectivity index (χ0v) is 15.9. The van der Waals surface area contributed by atoms with Crippen LogP contribution in [0.25, 0.3) is 0 Å². The third-order valence-corrected chi connectivity index (χ3v) is 5.99. The van der Waals surface area contributed by atoms with Crippen molar-refractivity contribution in [2.45, 2.75) is 58.3 Å². The Bertz CT molecular complexity index is 693. The largest absolute Gasteiger partial charge is 0.356 e. The van der Waals surface area contributed by atoms with E-state index in [1.165, 1.54) is 24.1 Å². The zero-order valence-electron chi connectivity index (χ0n) is 15.9. The van der Waals surface area contributed by atoms with Crippen molar-refractivity contribution in [3.63, 3.8) is 0 Å². The summed E-state index contributed by atoms with van der Waals surface area (Å²) in [4.78, 5) is 27.0. The van der Waals surface area contributed by atoms with Gasteiger partial charge in [-0.05, 0) is 38.0 Å². The van der Waals surface area contributed by atoms with E-state index in [-0.39, 0.29) is 0 Å². The average molecular weight is 354 g/mol. The van der Waals surface area contributed by atoms with Crippen LogP contribution in [-0.2, 0) is 24.1 Å². The van der Waals surface area contributed by atoms with Crippen LogP contribution in [0.1, 0.15) is 56.1 Å². The van der Waals surface area contributed by atoms with Crippen LogP contribution in [0, 0.1) is 5.92 Å². The Labute approximate surface area is 156 Å². The number of carbonyl (C=O) groups is 1. The number of amides is 1. The zero-order chi connectivity index (χ0) is 17.9. The number of rotatable bonds is 4. The summed E-state index contributed by atoms with van der Waals surface area (Å²) in [5, 5.41) is 0. The summed E-state index contributed by atoms with van der Waals surface area (Å²) in [6.07, 6.45) is 12.5. The Hall–Kier alpha value is -1.91. The summed E-state index contributed by atoms with van der Waals surface area (Å²) >= 11 is 0. The highest BCUT2D eigenvalue weighted by Gasteiger charge is 2.27. The van der Waals surface area contributed by atoms with E-state index < -0.39 is 0 Å². The first kappa shape index (κ1) is 17.5. The lowest BCUT2D eigenvalue weighted by Gasteiger charge is -2.22. The summed E-state index contributed by atoms with van der Waals surface area (Å²) in [6.45, 7) is 5.92. The molecule has 4 rings (SSSR count). The summed E-state index contributed by atoms with van der Waals surface area (Å²) < 4.78 is 0. The van der Waals surface area contributed by atoms with E-state index in [4.69, 9.17) is 9.97 Å². The molecule has 0 saturated carbocycles. The van der Waals surface area contributed by atoms with Crippen molar-refractivity contribution < 1.29 is 4.79 Å². The molecule has 0 aromatic carbocycles. The van der Waals surface area contributed by atoms with Gasteiger partial charge in [-0.25, -0.2) is 9.97 Å². The number of aryl methyl sites for hydroxylation is 1. The standard InChI is InChI=1S/C21H30N4O/c1-2-19-22-18-10-14-24(20(26)15-16-7-3-4-8-16)13-9-17(18)21(23-19)25-11-5-6-12-25/h3,7,16H,2,4-6,8-15H2,1H3/t16-/m1/s1. The summed E-state index contributed by atoms with van der Waals surface area (Å²) in [5.41, 5.74) is 2.47. The highest BCUT2D eigenvalue weighted by atomic mass is 16.2. The first-order chi connectivity index (χ1) is 12.7. The van der Waals surface area contributed by atoms with E-state index in [0.717, 1.165) is 69.9 Å². The number of fused-ring (bicyclic) bond motifs is 1. The molecule has 1 aliphatic carbocycles. The van der Waals surface area contributed by atoms with Crippen molar-refractivity contribution >= 4 is 11.7 Å². The van der Waals surface area contributed by atoms with Gasteiger partial charge in [-0.2, -0.15) is 0 Å². The predicted molar refractivity (Wildman–Crippen MR) is 103 cm³/mol.